The molecule has 1 amide bonds. The molecule has 1 aromatic carbocycles. The second-order valence-corrected chi connectivity index (χ2v) is 6.77. The van der Waals surface area contributed by atoms with Crippen LogP contribution in [0.25, 0.3) is 0 Å². The van der Waals surface area contributed by atoms with Crippen LogP contribution in [0.4, 0.5) is 4.79 Å². The van der Waals surface area contributed by atoms with E-state index in [1.165, 1.54) is 12.1 Å². The zero-order valence-electron chi connectivity index (χ0n) is 11.5. The third kappa shape index (κ3) is 3.96. The Labute approximate surface area is 119 Å². The van der Waals surface area contributed by atoms with Gasteiger partial charge in [0.25, 0.3) is 10.0 Å². The van der Waals surface area contributed by atoms with E-state index in [9.17, 15) is 13.2 Å². The largest absolute Gasteiger partial charge is 0.446 e. The number of amides is 1. The normalized spacial score (nSPS) is 16.6. The molecule has 0 radical (unpaired) electrons. The fourth-order valence-corrected chi connectivity index (χ4v) is 3.12. The summed E-state index contributed by atoms with van der Waals surface area (Å²) in [6, 6.07) is 6.29. The lowest BCUT2D eigenvalue weighted by Crippen LogP contribution is -2.34. The summed E-state index contributed by atoms with van der Waals surface area (Å²) in [4.78, 5) is 11.7. The van der Waals surface area contributed by atoms with Gasteiger partial charge in [0.05, 0.1) is 4.90 Å². The first-order chi connectivity index (χ1) is 9.47. The molecular formula is C14H19NO4S. The zero-order valence-corrected chi connectivity index (χ0v) is 12.3. The Balaban J connectivity index is 1.97. The van der Waals surface area contributed by atoms with Crippen molar-refractivity contribution in [2.75, 3.05) is 0 Å². The van der Waals surface area contributed by atoms with Crippen LogP contribution in [-0.4, -0.2) is 20.6 Å². The molecule has 1 aromatic rings. The van der Waals surface area contributed by atoms with Gasteiger partial charge in [0, 0.05) is 0 Å². The summed E-state index contributed by atoms with van der Waals surface area (Å²) in [6.45, 7) is 1.86. The maximum absolute atomic E-state index is 12.0. The molecule has 0 unspecified atom stereocenters. The number of carbonyl (C=O) groups excluding carboxylic acids is 1. The minimum atomic E-state index is -3.85. The second-order valence-electron chi connectivity index (χ2n) is 5.08. The third-order valence-corrected chi connectivity index (χ3v) is 4.70. The van der Waals surface area contributed by atoms with E-state index in [1.54, 1.807) is 12.1 Å². The molecule has 2 rings (SSSR count). The maximum atomic E-state index is 12.0. The van der Waals surface area contributed by atoms with E-state index >= 15 is 0 Å². The van der Waals surface area contributed by atoms with E-state index in [2.05, 4.69) is 0 Å². The van der Waals surface area contributed by atoms with E-state index in [1.807, 2.05) is 11.6 Å². The minimum Gasteiger partial charge on any atom is -0.446 e. The van der Waals surface area contributed by atoms with Gasteiger partial charge in [-0.05, 0) is 44.7 Å². The van der Waals surface area contributed by atoms with Gasteiger partial charge in [-0.1, -0.05) is 24.1 Å². The average Bonchev–Trinajstić information content (AvgIpc) is 2.39. The van der Waals surface area contributed by atoms with Crippen molar-refractivity contribution in [2.24, 2.45) is 0 Å². The van der Waals surface area contributed by atoms with Crippen LogP contribution in [0.1, 0.15) is 37.7 Å². The second kappa shape index (κ2) is 6.26. The standard InChI is InChI=1S/C14H19NO4S/c1-11-7-9-13(10-8-11)20(17,18)15-14(16)19-12-5-3-2-4-6-12/h7-10,12H,2-6H2,1H3,(H,15,16). The number of rotatable bonds is 3. The summed E-state index contributed by atoms with van der Waals surface area (Å²) in [5.41, 5.74) is 0.953. The molecule has 1 aliphatic rings. The van der Waals surface area contributed by atoms with E-state index in [0.29, 0.717) is 0 Å². The predicted octanol–water partition coefficient (Wildman–Crippen LogP) is 2.74. The number of ether oxygens (including phenoxy) is 1. The van der Waals surface area contributed by atoms with Crippen molar-refractivity contribution in [1.29, 1.82) is 0 Å². The first kappa shape index (κ1) is 14.8. The van der Waals surface area contributed by atoms with Crippen LogP contribution in [0.15, 0.2) is 29.2 Å². The number of benzene rings is 1. The quantitative estimate of drug-likeness (QED) is 0.931. The van der Waals surface area contributed by atoms with Crippen LogP contribution in [0.5, 0.6) is 0 Å². The van der Waals surface area contributed by atoms with Crippen LogP contribution in [0, 0.1) is 6.92 Å². The molecule has 1 aliphatic carbocycles. The van der Waals surface area contributed by atoms with Gasteiger partial charge in [0.1, 0.15) is 6.10 Å². The molecule has 0 heterocycles. The Morgan fingerprint density at radius 1 is 1.15 bits per heavy atom. The fourth-order valence-electron chi connectivity index (χ4n) is 2.24. The number of aryl methyl sites for hydroxylation is 1. The van der Waals surface area contributed by atoms with Crippen molar-refractivity contribution in [3.63, 3.8) is 0 Å². The molecule has 0 spiro atoms. The zero-order chi connectivity index (χ0) is 14.6. The smallest absolute Gasteiger partial charge is 0.421 e. The molecule has 6 heteroatoms. The van der Waals surface area contributed by atoms with Crippen molar-refractivity contribution >= 4 is 16.1 Å². The van der Waals surface area contributed by atoms with Gasteiger partial charge in [-0.3, -0.25) is 0 Å². The molecule has 20 heavy (non-hydrogen) atoms. The number of sulfonamides is 1. The van der Waals surface area contributed by atoms with Crippen LogP contribution in [0.2, 0.25) is 0 Å². The molecule has 1 fully saturated rings. The molecule has 0 atom stereocenters. The van der Waals surface area contributed by atoms with Gasteiger partial charge >= 0.3 is 6.09 Å². The van der Waals surface area contributed by atoms with Crippen molar-refractivity contribution in [1.82, 2.24) is 4.72 Å². The summed E-state index contributed by atoms with van der Waals surface area (Å²) in [5.74, 6) is 0. The summed E-state index contributed by atoms with van der Waals surface area (Å²) >= 11 is 0. The highest BCUT2D eigenvalue weighted by molar-refractivity contribution is 7.90. The highest BCUT2D eigenvalue weighted by Crippen LogP contribution is 2.20. The lowest BCUT2D eigenvalue weighted by molar-refractivity contribution is 0.0798. The molecule has 1 saturated carbocycles. The lowest BCUT2D eigenvalue weighted by atomic mass is 9.98. The Kier molecular flexibility index (Phi) is 4.65. The molecule has 1 N–H and O–H groups in total. The highest BCUT2D eigenvalue weighted by Gasteiger charge is 2.22. The van der Waals surface area contributed by atoms with E-state index in [4.69, 9.17) is 4.74 Å². The van der Waals surface area contributed by atoms with Crippen molar-refractivity contribution < 1.29 is 17.9 Å². The van der Waals surface area contributed by atoms with Gasteiger partial charge in [-0.2, -0.15) is 0 Å². The molecule has 0 aromatic heterocycles. The van der Waals surface area contributed by atoms with Crippen molar-refractivity contribution in [2.45, 2.75) is 50.0 Å². The van der Waals surface area contributed by atoms with Gasteiger partial charge in [0.15, 0.2) is 0 Å². The Hall–Kier alpha value is -1.56. The first-order valence-electron chi connectivity index (χ1n) is 6.77. The van der Waals surface area contributed by atoms with Gasteiger partial charge < -0.3 is 4.74 Å². The molecule has 110 valence electrons. The van der Waals surface area contributed by atoms with Gasteiger partial charge in [-0.15, -0.1) is 0 Å². The van der Waals surface area contributed by atoms with Crippen molar-refractivity contribution in [3.05, 3.63) is 29.8 Å². The fraction of sp³-hybridized carbons (Fsp3) is 0.500. The SMILES string of the molecule is Cc1ccc(S(=O)(=O)NC(=O)OC2CCCCC2)cc1. The van der Waals surface area contributed by atoms with Gasteiger partial charge in [0.2, 0.25) is 0 Å². The average molecular weight is 297 g/mol. The van der Waals surface area contributed by atoms with Crippen LogP contribution >= 0.6 is 0 Å². The Bertz CT molecular complexity index is 559. The molecule has 0 bridgehead atoms. The molecular weight excluding hydrogens is 278 g/mol. The van der Waals surface area contributed by atoms with Crippen LogP contribution in [-0.2, 0) is 14.8 Å². The van der Waals surface area contributed by atoms with Gasteiger partial charge in [-0.25, -0.2) is 17.9 Å². The summed E-state index contributed by atoms with van der Waals surface area (Å²) in [6.07, 6.45) is 3.72. The van der Waals surface area contributed by atoms with Crippen LogP contribution < -0.4 is 4.72 Å². The molecule has 5 nitrogen and oxygen atoms in total. The maximum Gasteiger partial charge on any atom is 0.421 e. The Morgan fingerprint density at radius 3 is 2.35 bits per heavy atom. The number of carbonyl (C=O) groups is 1. The number of hydrogen-bond acceptors (Lipinski definition) is 4. The number of nitrogens with one attached hydrogen (secondary N) is 1. The van der Waals surface area contributed by atoms with E-state index < -0.39 is 16.1 Å². The molecule has 0 saturated heterocycles. The summed E-state index contributed by atoms with van der Waals surface area (Å²) < 4.78 is 31.1. The van der Waals surface area contributed by atoms with E-state index in [0.717, 1.165) is 37.7 Å². The Morgan fingerprint density at radius 2 is 1.75 bits per heavy atom. The third-order valence-electron chi connectivity index (χ3n) is 3.37. The summed E-state index contributed by atoms with van der Waals surface area (Å²) in [7, 11) is -3.85. The highest BCUT2D eigenvalue weighted by atomic mass is 32.2. The lowest BCUT2D eigenvalue weighted by Gasteiger charge is -2.21. The monoisotopic (exact) mass is 297 g/mol. The number of hydrogen-bond donors (Lipinski definition) is 1. The van der Waals surface area contributed by atoms with Crippen molar-refractivity contribution in [3.8, 4) is 0 Å². The van der Waals surface area contributed by atoms with E-state index in [-0.39, 0.29) is 11.0 Å². The first-order valence-corrected chi connectivity index (χ1v) is 8.26. The van der Waals surface area contributed by atoms with Crippen LogP contribution in [0.3, 0.4) is 0 Å². The topological polar surface area (TPSA) is 72.5 Å². The molecule has 0 aliphatic heterocycles. The minimum absolute atomic E-state index is 0.0590. The summed E-state index contributed by atoms with van der Waals surface area (Å²) in [5, 5.41) is 0. The predicted molar refractivity (Wildman–Crippen MR) is 74.9 cm³/mol.